The van der Waals surface area contributed by atoms with Crippen LogP contribution in [0.3, 0.4) is 0 Å². The summed E-state index contributed by atoms with van der Waals surface area (Å²) in [6.45, 7) is 0.726. The highest BCUT2D eigenvalue weighted by atomic mass is 32.2. The number of aromatic nitrogens is 3. The molecule has 1 N–H and O–H groups in total. The van der Waals surface area contributed by atoms with Gasteiger partial charge in [0.2, 0.25) is 11.8 Å². The molecule has 41 heavy (non-hydrogen) atoms. The van der Waals surface area contributed by atoms with Gasteiger partial charge in [0.25, 0.3) is 5.69 Å². The van der Waals surface area contributed by atoms with E-state index in [-0.39, 0.29) is 36.2 Å². The number of nitrogens with zero attached hydrogens (tertiary/aromatic N) is 5. The number of hydrogen-bond donors (Lipinski definition) is 1. The van der Waals surface area contributed by atoms with Crippen LogP contribution >= 0.6 is 11.8 Å². The number of carbonyl (C=O) groups is 2. The second-order valence-corrected chi connectivity index (χ2v) is 10.3. The maximum atomic E-state index is 13.2. The van der Waals surface area contributed by atoms with E-state index in [9.17, 15) is 19.7 Å². The van der Waals surface area contributed by atoms with E-state index < -0.39 is 4.92 Å². The van der Waals surface area contributed by atoms with Gasteiger partial charge in [0.05, 0.1) is 30.8 Å². The number of nitro benzene ring substituents is 1. The van der Waals surface area contributed by atoms with E-state index in [2.05, 4.69) is 15.5 Å². The molecule has 11 nitrogen and oxygen atoms in total. The van der Waals surface area contributed by atoms with Crippen LogP contribution in [0.5, 0.6) is 5.75 Å². The Morgan fingerprint density at radius 3 is 2.54 bits per heavy atom. The average molecular weight is 573 g/mol. The van der Waals surface area contributed by atoms with Gasteiger partial charge in [-0.25, -0.2) is 0 Å². The van der Waals surface area contributed by atoms with E-state index >= 15 is 0 Å². The number of methoxy groups -OCH3 is 1. The molecule has 0 radical (unpaired) electrons. The SMILES string of the molecule is COc1ccc(CC(=O)NCc2nnc(SCC(=O)N3CCCc4ccccc43)n2-c2ccc([N+](=O)[O-])cc2)cc1. The van der Waals surface area contributed by atoms with E-state index in [1.807, 2.05) is 36.4 Å². The van der Waals surface area contributed by atoms with Crippen LogP contribution in [-0.2, 0) is 29.0 Å². The molecule has 0 spiro atoms. The summed E-state index contributed by atoms with van der Waals surface area (Å²) in [4.78, 5) is 38.4. The summed E-state index contributed by atoms with van der Waals surface area (Å²) in [5.74, 6) is 1.01. The van der Waals surface area contributed by atoms with Gasteiger partial charge in [-0.2, -0.15) is 0 Å². The van der Waals surface area contributed by atoms with Crippen LogP contribution in [-0.4, -0.2) is 50.9 Å². The average Bonchev–Trinajstić information content (AvgIpc) is 3.41. The van der Waals surface area contributed by atoms with E-state index in [4.69, 9.17) is 4.74 Å². The second kappa shape index (κ2) is 12.6. The lowest BCUT2D eigenvalue weighted by Gasteiger charge is -2.29. The van der Waals surface area contributed by atoms with Gasteiger partial charge < -0.3 is 15.0 Å². The van der Waals surface area contributed by atoms with Crippen molar-refractivity contribution >= 4 is 35.0 Å². The minimum atomic E-state index is -0.471. The zero-order valence-corrected chi connectivity index (χ0v) is 23.2. The lowest BCUT2D eigenvalue weighted by molar-refractivity contribution is -0.384. The van der Waals surface area contributed by atoms with Crippen molar-refractivity contribution in [3.63, 3.8) is 0 Å². The summed E-state index contributed by atoms with van der Waals surface area (Å²) in [7, 11) is 1.58. The molecule has 210 valence electrons. The van der Waals surface area contributed by atoms with Crippen LogP contribution in [0.15, 0.2) is 78.0 Å². The quantitative estimate of drug-likeness (QED) is 0.171. The van der Waals surface area contributed by atoms with Crippen LogP contribution in [0.25, 0.3) is 5.69 Å². The fourth-order valence-electron chi connectivity index (χ4n) is 4.66. The fourth-order valence-corrected chi connectivity index (χ4v) is 5.50. The van der Waals surface area contributed by atoms with Crippen LogP contribution in [0.2, 0.25) is 0 Å². The largest absolute Gasteiger partial charge is 0.497 e. The molecule has 2 heterocycles. The summed E-state index contributed by atoms with van der Waals surface area (Å²) < 4.78 is 6.87. The Labute approximate surface area is 240 Å². The summed E-state index contributed by atoms with van der Waals surface area (Å²) in [6, 6.07) is 21.1. The molecule has 12 heteroatoms. The third-order valence-electron chi connectivity index (χ3n) is 6.72. The van der Waals surface area contributed by atoms with Crippen molar-refractivity contribution in [3.8, 4) is 11.4 Å². The Morgan fingerprint density at radius 1 is 1.05 bits per heavy atom. The van der Waals surface area contributed by atoms with Gasteiger partial charge in [0, 0.05) is 30.1 Å². The molecule has 1 aliphatic rings. The molecule has 1 aromatic heterocycles. The Hall–Kier alpha value is -4.71. The number of fused-ring (bicyclic) bond motifs is 1. The number of para-hydroxylation sites is 1. The molecule has 0 unspecified atom stereocenters. The summed E-state index contributed by atoms with van der Waals surface area (Å²) in [6.07, 6.45) is 2.00. The molecule has 0 saturated heterocycles. The number of thioether (sulfide) groups is 1. The van der Waals surface area contributed by atoms with Crippen molar-refractivity contribution in [1.29, 1.82) is 0 Å². The van der Waals surface area contributed by atoms with Gasteiger partial charge in [-0.1, -0.05) is 42.1 Å². The number of anilines is 1. The number of non-ortho nitro benzene ring substituents is 1. The van der Waals surface area contributed by atoms with Gasteiger partial charge >= 0.3 is 0 Å². The highest BCUT2D eigenvalue weighted by Gasteiger charge is 2.24. The molecule has 1 aliphatic heterocycles. The molecule has 3 aromatic carbocycles. The van der Waals surface area contributed by atoms with E-state index in [1.54, 1.807) is 40.8 Å². The van der Waals surface area contributed by atoms with Gasteiger partial charge in [0.1, 0.15) is 5.75 Å². The number of nitro groups is 1. The first kappa shape index (κ1) is 27.8. The van der Waals surface area contributed by atoms with Gasteiger partial charge in [-0.15, -0.1) is 10.2 Å². The van der Waals surface area contributed by atoms with Crippen LogP contribution in [0, 0.1) is 10.1 Å². The fraction of sp³-hybridized carbons (Fsp3) is 0.241. The monoisotopic (exact) mass is 572 g/mol. The topological polar surface area (TPSA) is 132 Å². The highest BCUT2D eigenvalue weighted by molar-refractivity contribution is 7.99. The molecule has 4 aromatic rings. The first-order valence-electron chi connectivity index (χ1n) is 13.0. The van der Waals surface area contributed by atoms with Crippen molar-refractivity contribution < 1.29 is 19.2 Å². The van der Waals surface area contributed by atoms with Gasteiger partial charge in [-0.05, 0) is 54.3 Å². The minimum absolute atomic E-state index is 0.0465. The molecular weight excluding hydrogens is 544 g/mol. The van der Waals surface area contributed by atoms with Crippen molar-refractivity contribution in [2.75, 3.05) is 24.3 Å². The highest BCUT2D eigenvalue weighted by Crippen LogP contribution is 2.29. The van der Waals surface area contributed by atoms with E-state index in [0.717, 1.165) is 29.7 Å². The first-order chi connectivity index (χ1) is 19.9. The first-order valence-corrected chi connectivity index (χ1v) is 14.0. The van der Waals surface area contributed by atoms with Crippen LogP contribution in [0.4, 0.5) is 11.4 Å². The number of ether oxygens (including phenoxy) is 1. The van der Waals surface area contributed by atoms with Crippen molar-refractivity contribution in [2.45, 2.75) is 31.0 Å². The predicted octanol–water partition coefficient (Wildman–Crippen LogP) is 4.11. The molecule has 0 aliphatic carbocycles. The smallest absolute Gasteiger partial charge is 0.269 e. The lowest BCUT2D eigenvalue weighted by atomic mass is 10.0. The summed E-state index contributed by atoms with van der Waals surface area (Å²) in [5.41, 5.74) is 3.44. The number of nitrogens with one attached hydrogen (secondary N) is 1. The Bertz CT molecular complexity index is 1550. The molecule has 5 rings (SSSR count). The second-order valence-electron chi connectivity index (χ2n) is 9.38. The Morgan fingerprint density at radius 2 is 1.80 bits per heavy atom. The van der Waals surface area contributed by atoms with Crippen LogP contribution in [0.1, 0.15) is 23.4 Å². The Kier molecular flexibility index (Phi) is 8.59. The van der Waals surface area contributed by atoms with Gasteiger partial charge in [0.15, 0.2) is 11.0 Å². The molecule has 2 amide bonds. The third kappa shape index (κ3) is 6.55. The van der Waals surface area contributed by atoms with Crippen molar-refractivity contribution in [3.05, 3.63) is 99.9 Å². The molecule has 0 saturated carbocycles. The van der Waals surface area contributed by atoms with E-state index in [1.165, 1.54) is 23.9 Å². The molecule has 0 atom stereocenters. The molecule has 0 fully saturated rings. The maximum Gasteiger partial charge on any atom is 0.269 e. The van der Waals surface area contributed by atoms with Crippen LogP contribution < -0.4 is 15.0 Å². The third-order valence-corrected chi connectivity index (χ3v) is 7.64. The number of rotatable bonds is 10. The standard InChI is InChI=1S/C29H28N6O5S/c1-40-24-14-8-20(9-15-24)17-27(36)30-18-26-31-32-29(34(26)22-10-12-23(13-11-22)35(38)39)41-19-28(37)33-16-4-6-21-5-2-3-7-25(21)33/h2-3,5,7-15H,4,6,16-19H2,1H3,(H,30,36). The molecular formula is C29H28N6O5S. The van der Waals surface area contributed by atoms with Crippen molar-refractivity contribution in [1.82, 2.24) is 20.1 Å². The number of hydrogen-bond acceptors (Lipinski definition) is 8. The lowest BCUT2D eigenvalue weighted by Crippen LogP contribution is -2.36. The zero-order valence-electron chi connectivity index (χ0n) is 22.4. The Balaban J connectivity index is 1.32. The number of amides is 2. The summed E-state index contributed by atoms with van der Waals surface area (Å²) >= 11 is 1.23. The molecule has 0 bridgehead atoms. The van der Waals surface area contributed by atoms with E-state index in [0.29, 0.717) is 29.0 Å². The predicted molar refractivity (Wildman–Crippen MR) is 154 cm³/mol. The maximum absolute atomic E-state index is 13.2. The zero-order chi connectivity index (χ0) is 28.8. The number of aryl methyl sites for hydroxylation is 1. The normalized spacial score (nSPS) is 12.5. The van der Waals surface area contributed by atoms with Gasteiger partial charge in [-0.3, -0.25) is 24.3 Å². The van der Waals surface area contributed by atoms with Crippen molar-refractivity contribution in [2.24, 2.45) is 0 Å². The number of benzene rings is 3. The minimum Gasteiger partial charge on any atom is -0.497 e. The summed E-state index contributed by atoms with van der Waals surface area (Å²) in [5, 5.41) is 23.1. The number of carbonyl (C=O) groups excluding carboxylic acids is 2.